The standard InChI is InChI=1S/C25H27NO2/c1-3-15-28-24-13-12-21-16-23(11-10-22(21)17-24)25-14-9-20(18-26-25)8-6-4-5-7-19(2)27/h3,6,8-14,16-19,27H,1,4-5,7,15H2,2H3/b8-6+. The molecule has 1 atom stereocenters. The zero-order chi connectivity index (χ0) is 19.8. The summed E-state index contributed by atoms with van der Waals surface area (Å²) < 4.78 is 5.60. The van der Waals surface area contributed by atoms with Crippen molar-refractivity contribution in [3.8, 4) is 17.0 Å². The quantitative estimate of drug-likeness (QED) is 0.368. The summed E-state index contributed by atoms with van der Waals surface area (Å²) in [6.07, 6.45) is 10.5. The fourth-order valence-corrected chi connectivity index (χ4v) is 3.05. The smallest absolute Gasteiger partial charge is 0.120 e. The number of hydrogen-bond acceptors (Lipinski definition) is 3. The van der Waals surface area contributed by atoms with E-state index in [1.807, 2.05) is 25.3 Å². The Kier molecular flexibility index (Phi) is 6.99. The third kappa shape index (κ3) is 5.54. The van der Waals surface area contributed by atoms with Crippen LogP contribution >= 0.6 is 0 Å². The fourth-order valence-electron chi connectivity index (χ4n) is 3.05. The zero-order valence-corrected chi connectivity index (χ0v) is 16.3. The van der Waals surface area contributed by atoms with Gasteiger partial charge in [-0.3, -0.25) is 4.98 Å². The van der Waals surface area contributed by atoms with Crippen molar-refractivity contribution >= 4 is 16.8 Å². The second-order valence-electron chi connectivity index (χ2n) is 6.98. The van der Waals surface area contributed by atoms with Gasteiger partial charge in [-0.15, -0.1) is 0 Å². The van der Waals surface area contributed by atoms with Gasteiger partial charge in [0.25, 0.3) is 0 Å². The number of fused-ring (bicyclic) bond motifs is 1. The van der Waals surface area contributed by atoms with E-state index >= 15 is 0 Å². The van der Waals surface area contributed by atoms with Gasteiger partial charge in [0, 0.05) is 11.8 Å². The van der Waals surface area contributed by atoms with Gasteiger partial charge in [0.05, 0.1) is 11.8 Å². The summed E-state index contributed by atoms with van der Waals surface area (Å²) in [5.41, 5.74) is 3.14. The highest BCUT2D eigenvalue weighted by Crippen LogP contribution is 2.26. The Morgan fingerprint density at radius 2 is 1.93 bits per heavy atom. The molecule has 0 spiro atoms. The van der Waals surface area contributed by atoms with Crippen LogP contribution in [0.4, 0.5) is 0 Å². The van der Waals surface area contributed by atoms with Crippen LogP contribution in [-0.4, -0.2) is 22.8 Å². The number of rotatable bonds is 9. The SMILES string of the molecule is C=CCOc1ccc2cc(-c3ccc(/C=C/CCCC(C)O)cn3)ccc2c1. The Morgan fingerprint density at radius 3 is 2.68 bits per heavy atom. The number of allylic oxidation sites excluding steroid dienone is 1. The first-order valence-electron chi connectivity index (χ1n) is 9.74. The molecule has 1 heterocycles. The van der Waals surface area contributed by atoms with E-state index in [0.717, 1.165) is 52.6 Å². The highest BCUT2D eigenvalue weighted by Gasteiger charge is 2.03. The van der Waals surface area contributed by atoms with Crippen molar-refractivity contribution < 1.29 is 9.84 Å². The van der Waals surface area contributed by atoms with E-state index < -0.39 is 0 Å². The number of nitrogens with zero attached hydrogens (tertiary/aromatic N) is 1. The minimum absolute atomic E-state index is 0.220. The summed E-state index contributed by atoms with van der Waals surface area (Å²) in [7, 11) is 0. The summed E-state index contributed by atoms with van der Waals surface area (Å²) >= 11 is 0. The number of aliphatic hydroxyl groups excluding tert-OH is 1. The minimum atomic E-state index is -0.220. The first-order chi connectivity index (χ1) is 13.7. The molecule has 0 saturated carbocycles. The van der Waals surface area contributed by atoms with E-state index in [1.165, 1.54) is 0 Å². The lowest BCUT2D eigenvalue weighted by Gasteiger charge is -2.07. The van der Waals surface area contributed by atoms with Crippen molar-refractivity contribution in [2.75, 3.05) is 6.61 Å². The lowest BCUT2D eigenvalue weighted by molar-refractivity contribution is 0.182. The number of pyridine rings is 1. The lowest BCUT2D eigenvalue weighted by Crippen LogP contribution is -1.97. The van der Waals surface area contributed by atoms with Crippen molar-refractivity contribution in [3.05, 3.63) is 79.0 Å². The van der Waals surface area contributed by atoms with Crippen LogP contribution in [0.15, 0.2) is 73.5 Å². The molecule has 0 radical (unpaired) electrons. The molecule has 0 saturated heterocycles. The first kappa shape index (κ1) is 19.8. The van der Waals surface area contributed by atoms with E-state index in [2.05, 4.69) is 60.1 Å². The normalized spacial score (nSPS) is 12.4. The predicted octanol–water partition coefficient (Wildman–Crippen LogP) is 6.03. The molecule has 0 aliphatic carbocycles. The Hall–Kier alpha value is -2.91. The maximum absolute atomic E-state index is 9.28. The van der Waals surface area contributed by atoms with Crippen LogP contribution in [0.1, 0.15) is 31.7 Å². The molecule has 0 aliphatic rings. The molecule has 3 heteroatoms. The van der Waals surface area contributed by atoms with Gasteiger partial charge in [0.1, 0.15) is 12.4 Å². The summed E-state index contributed by atoms with van der Waals surface area (Å²) in [4.78, 5) is 4.61. The van der Waals surface area contributed by atoms with Crippen LogP contribution in [0.5, 0.6) is 5.75 Å². The van der Waals surface area contributed by atoms with Crippen LogP contribution in [0.3, 0.4) is 0 Å². The van der Waals surface area contributed by atoms with Gasteiger partial charge in [-0.1, -0.05) is 49.1 Å². The van der Waals surface area contributed by atoms with E-state index in [-0.39, 0.29) is 6.10 Å². The molecular weight excluding hydrogens is 346 g/mol. The summed E-state index contributed by atoms with van der Waals surface area (Å²) in [6, 6.07) is 16.6. The molecule has 0 bridgehead atoms. The van der Waals surface area contributed by atoms with Crippen molar-refractivity contribution in [1.29, 1.82) is 0 Å². The van der Waals surface area contributed by atoms with Gasteiger partial charge in [-0.05, 0) is 66.8 Å². The third-order valence-corrected chi connectivity index (χ3v) is 4.56. The molecule has 1 aromatic heterocycles. The molecular formula is C25H27NO2. The monoisotopic (exact) mass is 373 g/mol. The Balaban J connectivity index is 1.68. The van der Waals surface area contributed by atoms with Crippen molar-refractivity contribution in [3.63, 3.8) is 0 Å². The number of ether oxygens (including phenoxy) is 1. The molecule has 3 nitrogen and oxygen atoms in total. The highest BCUT2D eigenvalue weighted by molar-refractivity contribution is 5.88. The molecule has 1 unspecified atom stereocenters. The molecule has 3 aromatic rings. The molecule has 144 valence electrons. The number of benzene rings is 2. The van der Waals surface area contributed by atoms with Crippen LogP contribution in [0, 0.1) is 0 Å². The Bertz CT molecular complexity index is 942. The van der Waals surface area contributed by atoms with E-state index in [1.54, 1.807) is 6.08 Å². The van der Waals surface area contributed by atoms with E-state index in [9.17, 15) is 5.11 Å². The Morgan fingerprint density at radius 1 is 1.11 bits per heavy atom. The van der Waals surface area contributed by atoms with Crippen LogP contribution in [-0.2, 0) is 0 Å². The second-order valence-corrected chi connectivity index (χ2v) is 6.98. The average molecular weight is 373 g/mol. The zero-order valence-electron chi connectivity index (χ0n) is 16.3. The van der Waals surface area contributed by atoms with Crippen molar-refractivity contribution in [2.24, 2.45) is 0 Å². The largest absolute Gasteiger partial charge is 0.490 e. The van der Waals surface area contributed by atoms with Gasteiger partial charge in [-0.25, -0.2) is 0 Å². The fraction of sp³-hybridized carbons (Fsp3) is 0.240. The molecule has 0 fully saturated rings. The van der Waals surface area contributed by atoms with Crippen LogP contribution < -0.4 is 4.74 Å². The van der Waals surface area contributed by atoms with Crippen LogP contribution in [0.2, 0.25) is 0 Å². The third-order valence-electron chi connectivity index (χ3n) is 4.56. The Labute approximate surface area is 167 Å². The average Bonchev–Trinajstić information content (AvgIpc) is 2.71. The summed E-state index contributed by atoms with van der Waals surface area (Å²) in [6.45, 7) is 6.01. The molecule has 1 N–H and O–H groups in total. The minimum Gasteiger partial charge on any atom is -0.490 e. The molecule has 0 aliphatic heterocycles. The van der Waals surface area contributed by atoms with Gasteiger partial charge >= 0.3 is 0 Å². The van der Waals surface area contributed by atoms with Crippen molar-refractivity contribution in [1.82, 2.24) is 4.98 Å². The molecule has 2 aromatic carbocycles. The molecule has 28 heavy (non-hydrogen) atoms. The number of aliphatic hydroxyl groups is 1. The van der Waals surface area contributed by atoms with Crippen molar-refractivity contribution in [2.45, 2.75) is 32.3 Å². The van der Waals surface area contributed by atoms with E-state index in [4.69, 9.17) is 4.74 Å². The maximum Gasteiger partial charge on any atom is 0.120 e. The summed E-state index contributed by atoms with van der Waals surface area (Å²) in [5, 5.41) is 11.6. The molecule has 0 amide bonds. The van der Waals surface area contributed by atoms with Gasteiger partial charge < -0.3 is 9.84 Å². The lowest BCUT2D eigenvalue weighted by atomic mass is 10.0. The second kappa shape index (κ2) is 9.86. The predicted molar refractivity (Wildman–Crippen MR) is 117 cm³/mol. The topological polar surface area (TPSA) is 42.4 Å². The van der Waals surface area contributed by atoms with Gasteiger partial charge in [0.2, 0.25) is 0 Å². The van der Waals surface area contributed by atoms with E-state index in [0.29, 0.717) is 6.61 Å². The maximum atomic E-state index is 9.28. The first-order valence-corrected chi connectivity index (χ1v) is 9.74. The number of aromatic nitrogens is 1. The number of hydrogen-bond donors (Lipinski definition) is 1. The van der Waals surface area contributed by atoms with Gasteiger partial charge in [0.15, 0.2) is 0 Å². The molecule has 3 rings (SSSR count). The van der Waals surface area contributed by atoms with Crippen LogP contribution in [0.25, 0.3) is 28.1 Å². The summed E-state index contributed by atoms with van der Waals surface area (Å²) in [5.74, 6) is 0.850. The van der Waals surface area contributed by atoms with Gasteiger partial charge in [-0.2, -0.15) is 0 Å². The number of unbranched alkanes of at least 4 members (excludes halogenated alkanes) is 1. The highest BCUT2D eigenvalue weighted by atomic mass is 16.5.